The van der Waals surface area contributed by atoms with Gasteiger partial charge in [0, 0.05) is 36.4 Å². The molecule has 0 aliphatic rings. The number of aromatic nitrogens is 1. The van der Waals surface area contributed by atoms with Crippen molar-refractivity contribution in [3.8, 4) is 6.07 Å². The van der Waals surface area contributed by atoms with Crippen LogP contribution in [0.3, 0.4) is 0 Å². The molecule has 1 atom stereocenters. The van der Waals surface area contributed by atoms with E-state index in [1.54, 1.807) is 26.0 Å². The minimum atomic E-state index is -3.57. The zero-order valence-corrected chi connectivity index (χ0v) is 25.5. The SMILES string of the molecule is Cc1c(C#N)c(NCC(C)O)nc(Nc2ccccc2)c1/N=N/c1ccc(S(=O)(=O)CCN(CCO)C(C)(C)C)cc1. The van der Waals surface area contributed by atoms with Gasteiger partial charge in [-0.3, -0.25) is 4.90 Å². The molecule has 0 saturated heterocycles. The molecule has 0 aliphatic carbocycles. The first-order valence-electron chi connectivity index (χ1n) is 13.6. The van der Waals surface area contributed by atoms with E-state index in [-0.39, 0.29) is 34.9 Å². The van der Waals surface area contributed by atoms with E-state index in [2.05, 4.69) is 31.9 Å². The van der Waals surface area contributed by atoms with E-state index >= 15 is 0 Å². The third kappa shape index (κ3) is 8.80. The first-order valence-corrected chi connectivity index (χ1v) is 15.3. The summed E-state index contributed by atoms with van der Waals surface area (Å²) < 4.78 is 26.0. The lowest BCUT2D eigenvalue weighted by Crippen LogP contribution is -2.45. The number of pyridine rings is 1. The van der Waals surface area contributed by atoms with Crippen molar-refractivity contribution in [2.45, 2.75) is 51.2 Å². The lowest BCUT2D eigenvalue weighted by Gasteiger charge is -2.35. The van der Waals surface area contributed by atoms with E-state index in [0.717, 1.165) is 5.69 Å². The Hall–Kier alpha value is -3.89. The third-order valence-electron chi connectivity index (χ3n) is 6.54. The Morgan fingerprint density at radius 3 is 2.29 bits per heavy atom. The molecule has 1 heterocycles. The summed E-state index contributed by atoms with van der Waals surface area (Å²) in [5.74, 6) is 0.587. The van der Waals surface area contributed by atoms with Crippen molar-refractivity contribution >= 4 is 38.5 Å². The second-order valence-corrected chi connectivity index (χ2v) is 13.0. The van der Waals surface area contributed by atoms with Gasteiger partial charge in [0.2, 0.25) is 0 Å². The minimum absolute atomic E-state index is 0.0500. The van der Waals surface area contributed by atoms with Gasteiger partial charge < -0.3 is 20.8 Å². The summed E-state index contributed by atoms with van der Waals surface area (Å²) in [6.45, 7) is 10.1. The van der Waals surface area contributed by atoms with Crippen LogP contribution in [-0.2, 0) is 9.84 Å². The number of nitrogens with one attached hydrogen (secondary N) is 2. The second kappa shape index (κ2) is 14.3. The van der Waals surface area contributed by atoms with E-state index in [1.807, 2.05) is 56.0 Å². The summed E-state index contributed by atoms with van der Waals surface area (Å²) in [6, 6.07) is 17.6. The molecule has 0 aliphatic heterocycles. The Balaban J connectivity index is 1.90. The molecule has 3 aromatic rings. The Morgan fingerprint density at radius 2 is 1.71 bits per heavy atom. The summed E-state index contributed by atoms with van der Waals surface area (Å²) in [5, 5.41) is 43.9. The molecule has 12 heteroatoms. The van der Waals surface area contributed by atoms with Crippen LogP contribution in [0.1, 0.15) is 38.8 Å². The van der Waals surface area contributed by atoms with Gasteiger partial charge in [0.05, 0.1) is 34.6 Å². The largest absolute Gasteiger partial charge is 0.395 e. The van der Waals surface area contributed by atoms with Gasteiger partial charge in [-0.1, -0.05) is 18.2 Å². The van der Waals surface area contributed by atoms with Crippen LogP contribution in [0.4, 0.5) is 28.7 Å². The summed E-state index contributed by atoms with van der Waals surface area (Å²) in [7, 11) is -3.57. The molecule has 0 spiro atoms. The number of aliphatic hydroxyl groups excluding tert-OH is 2. The average molecular weight is 594 g/mol. The van der Waals surface area contributed by atoms with Crippen LogP contribution in [-0.4, -0.2) is 72.2 Å². The van der Waals surface area contributed by atoms with Crippen molar-refractivity contribution in [1.29, 1.82) is 5.26 Å². The van der Waals surface area contributed by atoms with Crippen molar-refractivity contribution in [2.75, 3.05) is 42.6 Å². The van der Waals surface area contributed by atoms with Gasteiger partial charge in [0.15, 0.2) is 15.7 Å². The van der Waals surface area contributed by atoms with E-state index in [1.165, 1.54) is 12.1 Å². The van der Waals surface area contributed by atoms with Crippen LogP contribution in [0, 0.1) is 18.3 Å². The molecular formula is C30H39N7O4S. The maximum atomic E-state index is 13.0. The predicted molar refractivity (Wildman–Crippen MR) is 165 cm³/mol. The van der Waals surface area contributed by atoms with E-state index in [4.69, 9.17) is 0 Å². The smallest absolute Gasteiger partial charge is 0.179 e. The summed E-state index contributed by atoms with van der Waals surface area (Å²) in [4.78, 5) is 6.69. The maximum absolute atomic E-state index is 13.0. The molecule has 11 nitrogen and oxygen atoms in total. The van der Waals surface area contributed by atoms with Gasteiger partial charge in [0.1, 0.15) is 17.6 Å². The van der Waals surface area contributed by atoms with Gasteiger partial charge >= 0.3 is 0 Å². The van der Waals surface area contributed by atoms with Crippen molar-refractivity contribution in [3.05, 3.63) is 65.7 Å². The number of nitriles is 1. The van der Waals surface area contributed by atoms with Crippen LogP contribution in [0.15, 0.2) is 69.7 Å². The van der Waals surface area contributed by atoms with E-state index in [0.29, 0.717) is 41.7 Å². The second-order valence-electron chi connectivity index (χ2n) is 10.9. The fourth-order valence-electron chi connectivity index (χ4n) is 4.15. The third-order valence-corrected chi connectivity index (χ3v) is 8.25. The molecule has 0 radical (unpaired) electrons. The zero-order chi connectivity index (χ0) is 30.9. The maximum Gasteiger partial charge on any atom is 0.179 e. The number of azo groups is 1. The lowest BCUT2D eigenvalue weighted by molar-refractivity contribution is 0.113. The van der Waals surface area contributed by atoms with Crippen molar-refractivity contribution in [3.63, 3.8) is 0 Å². The summed E-state index contributed by atoms with van der Waals surface area (Å²) in [6.07, 6.45) is -0.645. The molecule has 0 saturated carbocycles. The number of sulfone groups is 1. The van der Waals surface area contributed by atoms with Gasteiger partial charge in [0.25, 0.3) is 0 Å². The Bertz CT molecular complexity index is 1510. The predicted octanol–water partition coefficient (Wildman–Crippen LogP) is 5.08. The highest BCUT2D eigenvalue weighted by Crippen LogP contribution is 2.36. The van der Waals surface area contributed by atoms with Crippen LogP contribution < -0.4 is 10.6 Å². The standard InChI is InChI=1S/C30H39N7O4S/c1-21(39)20-32-28-26(19-31)22(2)27(29(34-28)33-23-9-7-6-8-10-23)36-35-24-11-13-25(14-12-24)42(40,41)18-16-37(15-17-38)30(3,4)5/h6-14,21,38-39H,15-18,20H2,1-5H3,(H2,32,33,34)/b36-35+. The van der Waals surface area contributed by atoms with Crippen molar-refractivity contribution in [2.24, 2.45) is 10.2 Å². The zero-order valence-electron chi connectivity index (χ0n) is 24.7. The molecule has 224 valence electrons. The molecule has 0 amide bonds. The summed E-state index contributed by atoms with van der Waals surface area (Å²) in [5.41, 5.74) is 2.06. The molecule has 1 aromatic heterocycles. The first kappa shape index (κ1) is 32.6. The number of aliphatic hydroxyl groups is 2. The number of hydrogen-bond donors (Lipinski definition) is 4. The van der Waals surface area contributed by atoms with Crippen LogP contribution in [0.5, 0.6) is 0 Å². The molecular weight excluding hydrogens is 554 g/mol. The molecule has 3 rings (SSSR count). The van der Waals surface area contributed by atoms with Gasteiger partial charge in [-0.05, 0) is 71.0 Å². The van der Waals surface area contributed by atoms with Crippen LogP contribution in [0.25, 0.3) is 0 Å². The topological polar surface area (TPSA) is 163 Å². The number of β-amino-alcohol motifs (C(OH)–C–C–N with tert-alkyl or cyclic N) is 1. The monoisotopic (exact) mass is 593 g/mol. The highest BCUT2D eigenvalue weighted by atomic mass is 32.2. The Labute approximate surface area is 247 Å². The molecule has 42 heavy (non-hydrogen) atoms. The number of rotatable bonds is 13. The van der Waals surface area contributed by atoms with Gasteiger partial charge in [-0.2, -0.15) is 10.4 Å². The Kier molecular flexibility index (Phi) is 11.1. The first-order chi connectivity index (χ1) is 19.9. The summed E-state index contributed by atoms with van der Waals surface area (Å²) >= 11 is 0. The number of hydrogen-bond acceptors (Lipinski definition) is 11. The van der Waals surface area contributed by atoms with Gasteiger partial charge in [-0.15, -0.1) is 5.11 Å². The molecule has 1 unspecified atom stereocenters. The molecule has 4 N–H and O–H groups in total. The minimum Gasteiger partial charge on any atom is -0.395 e. The lowest BCUT2D eigenvalue weighted by atomic mass is 10.1. The fourth-order valence-corrected chi connectivity index (χ4v) is 5.40. The molecule has 0 fully saturated rings. The van der Waals surface area contributed by atoms with E-state index < -0.39 is 15.9 Å². The highest BCUT2D eigenvalue weighted by Gasteiger charge is 2.24. The van der Waals surface area contributed by atoms with Crippen molar-refractivity contribution < 1.29 is 18.6 Å². The number of para-hydroxylation sites is 1. The van der Waals surface area contributed by atoms with Crippen LogP contribution in [0.2, 0.25) is 0 Å². The van der Waals surface area contributed by atoms with Crippen LogP contribution >= 0.6 is 0 Å². The number of nitrogens with zero attached hydrogens (tertiary/aromatic N) is 5. The number of anilines is 3. The highest BCUT2D eigenvalue weighted by molar-refractivity contribution is 7.91. The average Bonchev–Trinajstić information content (AvgIpc) is 2.94. The fraction of sp³-hybridized carbons (Fsp3) is 0.400. The molecule has 0 bridgehead atoms. The number of benzene rings is 2. The Morgan fingerprint density at radius 1 is 1.05 bits per heavy atom. The normalized spacial score (nSPS) is 12.8. The van der Waals surface area contributed by atoms with Gasteiger partial charge in [-0.25, -0.2) is 13.4 Å². The quantitative estimate of drug-likeness (QED) is 0.198. The molecule has 2 aromatic carbocycles. The van der Waals surface area contributed by atoms with Crippen molar-refractivity contribution in [1.82, 2.24) is 9.88 Å². The van der Waals surface area contributed by atoms with E-state index in [9.17, 15) is 23.9 Å².